The summed E-state index contributed by atoms with van der Waals surface area (Å²) in [6.07, 6.45) is 1.97. The van der Waals surface area contributed by atoms with Crippen molar-refractivity contribution in [3.8, 4) is 5.75 Å². The Kier molecular flexibility index (Phi) is 6.36. The van der Waals surface area contributed by atoms with E-state index in [-0.39, 0.29) is 13.2 Å². The second-order valence-corrected chi connectivity index (χ2v) is 8.04. The summed E-state index contributed by atoms with van der Waals surface area (Å²) in [5.41, 5.74) is 2.05. The minimum absolute atomic E-state index is 0.0518. The molecule has 32 heavy (non-hydrogen) atoms. The molecule has 2 aliphatic heterocycles. The van der Waals surface area contributed by atoms with E-state index in [0.29, 0.717) is 29.3 Å². The van der Waals surface area contributed by atoms with Crippen LogP contribution in [-0.4, -0.2) is 48.8 Å². The number of carbonyl (C=O) groups is 3. The Morgan fingerprint density at radius 2 is 1.97 bits per heavy atom. The maximum Gasteiger partial charge on any atom is 0.338 e. The number of urea groups is 1. The molecule has 0 bridgehead atoms. The van der Waals surface area contributed by atoms with Gasteiger partial charge in [-0.15, -0.1) is 11.8 Å². The van der Waals surface area contributed by atoms with Gasteiger partial charge < -0.3 is 20.1 Å². The van der Waals surface area contributed by atoms with Gasteiger partial charge in [0.2, 0.25) is 5.91 Å². The van der Waals surface area contributed by atoms with Gasteiger partial charge >= 0.3 is 12.0 Å². The third kappa shape index (κ3) is 4.29. The molecule has 1 unspecified atom stereocenters. The van der Waals surface area contributed by atoms with Crippen LogP contribution in [0.3, 0.4) is 0 Å². The van der Waals surface area contributed by atoms with Crippen LogP contribution in [0, 0.1) is 0 Å². The molecule has 8 nitrogen and oxygen atoms in total. The monoisotopic (exact) mass is 453 g/mol. The van der Waals surface area contributed by atoms with Crippen molar-refractivity contribution in [2.24, 2.45) is 0 Å². The Bertz CT molecular complexity index is 1080. The second-order valence-electron chi connectivity index (χ2n) is 7.16. The van der Waals surface area contributed by atoms with Crippen LogP contribution in [0.5, 0.6) is 5.75 Å². The van der Waals surface area contributed by atoms with Crippen molar-refractivity contribution in [2.75, 3.05) is 31.3 Å². The molecule has 3 amide bonds. The van der Waals surface area contributed by atoms with E-state index in [1.165, 1.54) is 4.90 Å². The average Bonchev–Trinajstić information content (AvgIpc) is 3.18. The van der Waals surface area contributed by atoms with Crippen LogP contribution in [0.2, 0.25) is 0 Å². The lowest BCUT2D eigenvalue weighted by atomic mass is 9.96. The molecule has 0 radical (unpaired) electrons. The second kappa shape index (κ2) is 9.35. The number of rotatable bonds is 7. The van der Waals surface area contributed by atoms with E-state index in [4.69, 9.17) is 9.47 Å². The quantitative estimate of drug-likeness (QED) is 0.493. The summed E-state index contributed by atoms with van der Waals surface area (Å²) in [4.78, 5) is 40.5. The van der Waals surface area contributed by atoms with Gasteiger partial charge in [0.15, 0.2) is 0 Å². The molecule has 0 saturated heterocycles. The number of para-hydroxylation sites is 2. The molecule has 4 rings (SSSR count). The maximum absolute atomic E-state index is 12.9. The minimum atomic E-state index is -0.624. The van der Waals surface area contributed by atoms with E-state index in [1.807, 2.05) is 43.5 Å². The molecule has 9 heteroatoms. The summed E-state index contributed by atoms with van der Waals surface area (Å²) in [7, 11) is 0. The van der Waals surface area contributed by atoms with Gasteiger partial charge in [0, 0.05) is 4.90 Å². The SMILES string of the molecule is CCOc1ccccc1NC(=O)CN1C(=O)NC(c2ccc(SC)cc2)C2=C1COC2=O. The molecule has 2 aromatic rings. The molecule has 2 N–H and O–H groups in total. The number of ether oxygens (including phenoxy) is 2. The molecular weight excluding hydrogens is 430 g/mol. The summed E-state index contributed by atoms with van der Waals surface area (Å²) in [6, 6.07) is 13.6. The predicted octanol–water partition coefficient (Wildman–Crippen LogP) is 3.32. The van der Waals surface area contributed by atoms with Crippen LogP contribution in [0.4, 0.5) is 10.5 Å². The lowest BCUT2D eigenvalue weighted by Gasteiger charge is -2.32. The van der Waals surface area contributed by atoms with Crippen molar-refractivity contribution in [1.29, 1.82) is 0 Å². The van der Waals surface area contributed by atoms with Gasteiger partial charge in [0.25, 0.3) is 0 Å². The van der Waals surface area contributed by atoms with Gasteiger partial charge in [-0.3, -0.25) is 9.69 Å². The average molecular weight is 454 g/mol. The summed E-state index contributed by atoms with van der Waals surface area (Å²) in [5, 5.41) is 5.61. The van der Waals surface area contributed by atoms with E-state index in [9.17, 15) is 14.4 Å². The van der Waals surface area contributed by atoms with Crippen molar-refractivity contribution >= 4 is 35.4 Å². The van der Waals surface area contributed by atoms with Crippen LogP contribution >= 0.6 is 11.8 Å². The number of thioether (sulfide) groups is 1. The van der Waals surface area contributed by atoms with E-state index in [1.54, 1.807) is 30.0 Å². The molecule has 0 spiro atoms. The van der Waals surface area contributed by atoms with Crippen molar-refractivity contribution in [1.82, 2.24) is 10.2 Å². The van der Waals surface area contributed by atoms with Crippen LogP contribution in [-0.2, 0) is 14.3 Å². The van der Waals surface area contributed by atoms with Crippen molar-refractivity contribution < 1.29 is 23.9 Å². The van der Waals surface area contributed by atoms with Gasteiger partial charge in [0.05, 0.1) is 29.6 Å². The fourth-order valence-corrected chi connectivity index (χ4v) is 4.12. The number of nitrogens with one attached hydrogen (secondary N) is 2. The number of benzene rings is 2. The standard InChI is InChI=1S/C23H23N3O5S/c1-3-30-18-7-5-4-6-16(18)24-19(27)12-26-17-13-31-22(28)20(17)21(25-23(26)29)14-8-10-15(32-2)11-9-14/h4-11,21H,3,12-13H2,1-2H3,(H,24,27)(H,25,29). The minimum Gasteiger partial charge on any atom is -0.492 e. The van der Waals surface area contributed by atoms with Gasteiger partial charge in [-0.25, -0.2) is 9.59 Å². The Morgan fingerprint density at radius 1 is 1.22 bits per heavy atom. The van der Waals surface area contributed by atoms with Crippen molar-refractivity contribution in [3.63, 3.8) is 0 Å². The highest BCUT2D eigenvalue weighted by molar-refractivity contribution is 7.98. The van der Waals surface area contributed by atoms with Crippen LogP contribution in [0.15, 0.2) is 64.7 Å². The highest BCUT2D eigenvalue weighted by Crippen LogP contribution is 2.35. The van der Waals surface area contributed by atoms with E-state index >= 15 is 0 Å². The highest BCUT2D eigenvalue weighted by atomic mass is 32.2. The smallest absolute Gasteiger partial charge is 0.338 e. The number of nitrogens with zero attached hydrogens (tertiary/aromatic N) is 1. The number of esters is 1. The fourth-order valence-electron chi connectivity index (χ4n) is 3.71. The van der Waals surface area contributed by atoms with E-state index in [0.717, 1.165) is 10.5 Å². The maximum atomic E-state index is 12.9. The number of hydrogen-bond donors (Lipinski definition) is 2. The normalized spacial score (nSPS) is 17.6. The summed E-state index contributed by atoms with van der Waals surface area (Å²) < 4.78 is 10.8. The number of amides is 3. The zero-order valence-electron chi connectivity index (χ0n) is 17.7. The van der Waals surface area contributed by atoms with Gasteiger partial charge in [-0.05, 0) is 43.0 Å². The van der Waals surface area contributed by atoms with Crippen LogP contribution < -0.4 is 15.4 Å². The first kappa shape index (κ1) is 21.8. The van der Waals surface area contributed by atoms with Crippen molar-refractivity contribution in [2.45, 2.75) is 17.9 Å². The highest BCUT2D eigenvalue weighted by Gasteiger charge is 2.42. The summed E-state index contributed by atoms with van der Waals surface area (Å²) in [5.74, 6) is -0.369. The molecule has 1 atom stereocenters. The van der Waals surface area contributed by atoms with Crippen LogP contribution in [0.1, 0.15) is 18.5 Å². The topological polar surface area (TPSA) is 97.0 Å². The Balaban J connectivity index is 1.57. The Hall–Kier alpha value is -3.46. The molecule has 2 heterocycles. The zero-order chi connectivity index (χ0) is 22.7. The molecule has 0 fully saturated rings. The molecular formula is C23H23N3O5S. The summed E-state index contributed by atoms with van der Waals surface area (Å²) in [6.45, 7) is 1.99. The number of cyclic esters (lactones) is 1. The number of anilines is 1. The predicted molar refractivity (Wildman–Crippen MR) is 120 cm³/mol. The Labute approximate surface area is 189 Å². The first-order chi connectivity index (χ1) is 15.5. The lowest BCUT2D eigenvalue weighted by molar-refractivity contribution is -0.136. The molecule has 166 valence electrons. The lowest BCUT2D eigenvalue weighted by Crippen LogP contribution is -2.49. The van der Waals surface area contributed by atoms with Gasteiger partial charge in [-0.2, -0.15) is 0 Å². The first-order valence-electron chi connectivity index (χ1n) is 10.2. The largest absolute Gasteiger partial charge is 0.492 e. The Morgan fingerprint density at radius 3 is 2.69 bits per heavy atom. The van der Waals surface area contributed by atoms with E-state index < -0.39 is 23.9 Å². The molecule has 0 aromatic heterocycles. The number of hydrogen-bond acceptors (Lipinski definition) is 6. The van der Waals surface area contributed by atoms with Gasteiger partial charge in [-0.1, -0.05) is 24.3 Å². The molecule has 2 aliphatic rings. The van der Waals surface area contributed by atoms with Gasteiger partial charge in [0.1, 0.15) is 18.9 Å². The van der Waals surface area contributed by atoms with Crippen molar-refractivity contribution in [3.05, 3.63) is 65.4 Å². The molecule has 0 saturated carbocycles. The third-order valence-corrected chi connectivity index (χ3v) is 5.95. The first-order valence-corrected chi connectivity index (χ1v) is 11.4. The molecule has 0 aliphatic carbocycles. The fraction of sp³-hybridized carbons (Fsp3) is 0.261. The molecule has 2 aromatic carbocycles. The van der Waals surface area contributed by atoms with E-state index in [2.05, 4.69) is 10.6 Å². The third-order valence-electron chi connectivity index (χ3n) is 5.21. The van der Waals surface area contributed by atoms with Crippen LogP contribution in [0.25, 0.3) is 0 Å². The number of carbonyl (C=O) groups excluding carboxylic acids is 3. The zero-order valence-corrected chi connectivity index (χ0v) is 18.5. The summed E-state index contributed by atoms with van der Waals surface area (Å²) >= 11 is 1.60.